The van der Waals surface area contributed by atoms with Crippen molar-refractivity contribution in [1.29, 1.82) is 0 Å². The Balaban J connectivity index is 3.64. The van der Waals surface area contributed by atoms with Gasteiger partial charge in [-0.05, 0) is 13.3 Å². The van der Waals surface area contributed by atoms with Crippen LogP contribution in [0, 0.1) is 0 Å². The molecule has 0 aliphatic carbocycles. The smallest absolute Gasteiger partial charge is 0.407 e. The maximum Gasteiger partial charge on any atom is 0.407 e. The number of esters is 1. The van der Waals surface area contributed by atoms with Crippen molar-refractivity contribution >= 4 is 12.1 Å². The molecule has 0 bridgehead atoms. The molecule has 0 rings (SSSR count). The van der Waals surface area contributed by atoms with Gasteiger partial charge in [-0.25, -0.2) is 9.59 Å². The predicted molar refractivity (Wildman–Crippen MR) is 55.5 cm³/mol. The normalized spacial score (nSPS) is 11.7. The third-order valence-corrected chi connectivity index (χ3v) is 1.87. The number of nitrogens with one attached hydrogen (secondary N) is 1. The molecular formula is C10H19NO4. The van der Waals surface area contributed by atoms with E-state index in [1.54, 1.807) is 6.92 Å². The number of hydrogen-bond acceptors (Lipinski definition) is 4. The Bertz CT molecular complexity index is 206. The molecule has 15 heavy (non-hydrogen) atoms. The number of alkyl carbamates (subject to hydrolysis) is 1. The average Bonchev–Trinajstić information content (AvgIpc) is 2.23. The van der Waals surface area contributed by atoms with E-state index in [0.29, 0.717) is 6.61 Å². The highest BCUT2D eigenvalue weighted by molar-refractivity contribution is 5.80. The van der Waals surface area contributed by atoms with Crippen LogP contribution in [0.3, 0.4) is 0 Å². The van der Waals surface area contributed by atoms with Crippen LogP contribution in [0.5, 0.6) is 0 Å². The molecule has 0 saturated carbocycles. The fraction of sp³-hybridized carbons (Fsp3) is 0.800. The minimum Gasteiger partial charge on any atom is -0.464 e. The molecule has 5 nitrogen and oxygen atoms in total. The SMILES string of the molecule is CCCCCOC(=O)C(C)NC(=O)OC. The van der Waals surface area contributed by atoms with Gasteiger partial charge in [-0.3, -0.25) is 0 Å². The summed E-state index contributed by atoms with van der Waals surface area (Å²) in [6, 6.07) is -0.668. The molecule has 1 atom stereocenters. The van der Waals surface area contributed by atoms with Gasteiger partial charge in [0.15, 0.2) is 0 Å². The van der Waals surface area contributed by atoms with Crippen molar-refractivity contribution in [2.75, 3.05) is 13.7 Å². The molecule has 0 saturated heterocycles. The van der Waals surface area contributed by atoms with E-state index in [9.17, 15) is 9.59 Å². The van der Waals surface area contributed by atoms with E-state index in [2.05, 4.69) is 17.0 Å². The van der Waals surface area contributed by atoms with Crippen molar-refractivity contribution in [2.24, 2.45) is 0 Å². The molecule has 1 N–H and O–H groups in total. The van der Waals surface area contributed by atoms with Crippen molar-refractivity contribution in [3.05, 3.63) is 0 Å². The number of unbranched alkanes of at least 4 members (excludes halogenated alkanes) is 2. The monoisotopic (exact) mass is 217 g/mol. The van der Waals surface area contributed by atoms with E-state index in [-0.39, 0.29) is 0 Å². The second kappa shape index (κ2) is 8.08. The van der Waals surface area contributed by atoms with Crippen LogP contribution in [0.15, 0.2) is 0 Å². The Morgan fingerprint density at radius 3 is 2.53 bits per heavy atom. The van der Waals surface area contributed by atoms with Crippen LogP contribution >= 0.6 is 0 Å². The number of carbonyl (C=O) groups is 2. The van der Waals surface area contributed by atoms with E-state index in [1.165, 1.54) is 7.11 Å². The second-order valence-corrected chi connectivity index (χ2v) is 3.23. The first kappa shape index (κ1) is 13.7. The number of carbonyl (C=O) groups excluding carboxylic acids is 2. The maximum absolute atomic E-state index is 11.3. The summed E-state index contributed by atoms with van der Waals surface area (Å²) in [4.78, 5) is 22.0. The summed E-state index contributed by atoms with van der Waals surface area (Å²) in [5.74, 6) is -0.434. The lowest BCUT2D eigenvalue weighted by atomic mass is 10.3. The lowest BCUT2D eigenvalue weighted by Crippen LogP contribution is -2.39. The molecule has 5 heteroatoms. The zero-order valence-electron chi connectivity index (χ0n) is 9.54. The summed E-state index contributed by atoms with van der Waals surface area (Å²) in [5, 5.41) is 2.33. The average molecular weight is 217 g/mol. The molecule has 0 radical (unpaired) electrons. The lowest BCUT2D eigenvalue weighted by Gasteiger charge is -2.12. The van der Waals surface area contributed by atoms with Crippen LogP contribution in [0.2, 0.25) is 0 Å². The van der Waals surface area contributed by atoms with Crippen molar-refractivity contribution in [3.63, 3.8) is 0 Å². The lowest BCUT2D eigenvalue weighted by molar-refractivity contribution is -0.145. The van der Waals surface area contributed by atoms with Crippen LogP contribution in [0.25, 0.3) is 0 Å². The van der Waals surface area contributed by atoms with Gasteiger partial charge < -0.3 is 14.8 Å². The number of amides is 1. The van der Waals surface area contributed by atoms with Gasteiger partial charge in [0.25, 0.3) is 0 Å². The van der Waals surface area contributed by atoms with Crippen LogP contribution in [0.1, 0.15) is 33.1 Å². The highest BCUT2D eigenvalue weighted by Crippen LogP contribution is 1.96. The molecule has 0 spiro atoms. The topological polar surface area (TPSA) is 64.6 Å². The standard InChI is InChI=1S/C10H19NO4/c1-4-5-6-7-15-9(12)8(2)11-10(13)14-3/h8H,4-7H2,1-3H3,(H,11,13). The minimum atomic E-state index is -0.668. The van der Waals surface area contributed by atoms with Crippen molar-refractivity contribution < 1.29 is 19.1 Å². The quantitative estimate of drug-likeness (QED) is 0.540. The van der Waals surface area contributed by atoms with Gasteiger partial charge in [0.2, 0.25) is 0 Å². The largest absolute Gasteiger partial charge is 0.464 e. The third kappa shape index (κ3) is 6.76. The van der Waals surface area contributed by atoms with Gasteiger partial charge in [0.05, 0.1) is 13.7 Å². The van der Waals surface area contributed by atoms with Crippen LogP contribution in [-0.2, 0) is 14.3 Å². The second-order valence-electron chi connectivity index (χ2n) is 3.23. The first-order chi connectivity index (χ1) is 7.11. The highest BCUT2D eigenvalue weighted by Gasteiger charge is 2.16. The fourth-order valence-corrected chi connectivity index (χ4v) is 0.944. The molecule has 0 aliphatic heterocycles. The first-order valence-electron chi connectivity index (χ1n) is 5.13. The minimum absolute atomic E-state index is 0.403. The molecule has 0 aliphatic rings. The summed E-state index contributed by atoms with van der Waals surface area (Å²) in [6.45, 7) is 4.03. The molecule has 0 heterocycles. The number of hydrogen-bond donors (Lipinski definition) is 1. The van der Waals surface area contributed by atoms with Gasteiger partial charge in [0, 0.05) is 0 Å². The van der Waals surface area contributed by atoms with Crippen molar-refractivity contribution in [1.82, 2.24) is 5.32 Å². The number of methoxy groups -OCH3 is 1. The molecule has 88 valence electrons. The van der Waals surface area contributed by atoms with Gasteiger partial charge in [-0.15, -0.1) is 0 Å². The third-order valence-electron chi connectivity index (χ3n) is 1.87. The van der Waals surface area contributed by atoms with Crippen molar-refractivity contribution in [3.8, 4) is 0 Å². The highest BCUT2D eigenvalue weighted by atomic mass is 16.5. The predicted octanol–water partition coefficient (Wildman–Crippen LogP) is 1.46. The number of ether oxygens (including phenoxy) is 2. The van der Waals surface area contributed by atoms with Gasteiger partial charge in [-0.2, -0.15) is 0 Å². The molecule has 0 fully saturated rings. The van der Waals surface area contributed by atoms with E-state index in [1.807, 2.05) is 0 Å². The Morgan fingerprint density at radius 2 is 2.00 bits per heavy atom. The molecule has 1 unspecified atom stereocenters. The summed E-state index contributed by atoms with van der Waals surface area (Å²) in [6.07, 6.45) is 2.33. The van der Waals surface area contributed by atoms with Gasteiger partial charge in [-0.1, -0.05) is 19.8 Å². The summed E-state index contributed by atoms with van der Waals surface area (Å²) < 4.78 is 9.30. The molecule has 1 amide bonds. The van der Waals surface area contributed by atoms with Crippen LogP contribution < -0.4 is 5.32 Å². The zero-order valence-corrected chi connectivity index (χ0v) is 9.54. The van der Waals surface area contributed by atoms with E-state index in [0.717, 1.165) is 19.3 Å². The van der Waals surface area contributed by atoms with Crippen molar-refractivity contribution in [2.45, 2.75) is 39.2 Å². The van der Waals surface area contributed by atoms with Gasteiger partial charge >= 0.3 is 12.1 Å². The summed E-state index contributed by atoms with van der Waals surface area (Å²) >= 11 is 0. The Labute approximate surface area is 90.1 Å². The van der Waals surface area contributed by atoms with E-state index >= 15 is 0 Å². The first-order valence-corrected chi connectivity index (χ1v) is 5.13. The Kier molecular flexibility index (Phi) is 7.40. The molecule has 0 aromatic heterocycles. The summed E-state index contributed by atoms with van der Waals surface area (Å²) in [7, 11) is 1.24. The zero-order chi connectivity index (χ0) is 11.7. The molecule has 0 aromatic rings. The van der Waals surface area contributed by atoms with Gasteiger partial charge in [0.1, 0.15) is 6.04 Å². The Morgan fingerprint density at radius 1 is 1.33 bits per heavy atom. The number of rotatable bonds is 6. The molecular weight excluding hydrogens is 198 g/mol. The van der Waals surface area contributed by atoms with Crippen LogP contribution in [-0.4, -0.2) is 31.8 Å². The summed E-state index contributed by atoms with van der Waals surface area (Å²) in [5.41, 5.74) is 0. The fourth-order valence-electron chi connectivity index (χ4n) is 0.944. The molecule has 0 aromatic carbocycles. The maximum atomic E-state index is 11.3. The van der Waals surface area contributed by atoms with E-state index in [4.69, 9.17) is 4.74 Å². The Hall–Kier alpha value is -1.26. The van der Waals surface area contributed by atoms with Crippen LogP contribution in [0.4, 0.5) is 4.79 Å². The van der Waals surface area contributed by atoms with E-state index < -0.39 is 18.1 Å².